The summed E-state index contributed by atoms with van der Waals surface area (Å²) < 4.78 is 0. The molecule has 1 aromatic rings. The monoisotopic (exact) mass is 320 g/mol. The van der Waals surface area contributed by atoms with Crippen LogP contribution in [0.5, 0.6) is 0 Å². The summed E-state index contributed by atoms with van der Waals surface area (Å²) >= 11 is 11.3. The SMILES string of the molecule is O=C(O)CCC(NC(=O)c1cc(Cl)nc(Cl)c1)C(=O)O. The molecule has 1 heterocycles. The maximum atomic E-state index is 11.8. The molecule has 0 saturated carbocycles. The Morgan fingerprint density at radius 3 is 2.20 bits per heavy atom. The smallest absolute Gasteiger partial charge is 0.326 e. The topological polar surface area (TPSA) is 117 Å². The van der Waals surface area contributed by atoms with Crippen LogP contribution in [-0.4, -0.2) is 39.1 Å². The molecule has 9 heteroatoms. The zero-order chi connectivity index (χ0) is 15.3. The second-order valence-electron chi connectivity index (χ2n) is 3.80. The van der Waals surface area contributed by atoms with E-state index in [9.17, 15) is 14.4 Å². The molecule has 0 aliphatic carbocycles. The van der Waals surface area contributed by atoms with Gasteiger partial charge in [-0.1, -0.05) is 23.2 Å². The highest BCUT2D eigenvalue weighted by Gasteiger charge is 2.22. The first-order chi connectivity index (χ1) is 9.29. The summed E-state index contributed by atoms with van der Waals surface area (Å²) in [6.45, 7) is 0. The average molecular weight is 321 g/mol. The van der Waals surface area contributed by atoms with Gasteiger partial charge in [-0.05, 0) is 18.6 Å². The van der Waals surface area contributed by atoms with Gasteiger partial charge in [-0.15, -0.1) is 0 Å². The first-order valence-corrected chi connectivity index (χ1v) is 6.13. The number of carboxylic acids is 2. The zero-order valence-corrected chi connectivity index (χ0v) is 11.5. The molecule has 1 atom stereocenters. The highest BCUT2D eigenvalue weighted by molar-refractivity contribution is 6.33. The summed E-state index contributed by atoms with van der Waals surface area (Å²) in [7, 11) is 0. The lowest BCUT2D eigenvalue weighted by atomic mass is 10.1. The molecular weight excluding hydrogens is 311 g/mol. The van der Waals surface area contributed by atoms with Crippen molar-refractivity contribution in [1.29, 1.82) is 0 Å². The number of nitrogens with zero attached hydrogens (tertiary/aromatic N) is 1. The Morgan fingerprint density at radius 2 is 1.75 bits per heavy atom. The lowest BCUT2D eigenvalue weighted by Crippen LogP contribution is -2.41. The van der Waals surface area contributed by atoms with Crippen molar-refractivity contribution in [3.05, 3.63) is 28.0 Å². The first kappa shape index (κ1) is 16.2. The lowest BCUT2D eigenvalue weighted by Gasteiger charge is -2.13. The second kappa shape index (κ2) is 7.06. The normalized spacial score (nSPS) is 11.7. The number of pyridine rings is 1. The van der Waals surface area contributed by atoms with Gasteiger partial charge in [0.15, 0.2) is 0 Å². The van der Waals surface area contributed by atoms with E-state index < -0.39 is 23.9 Å². The van der Waals surface area contributed by atoms with E-state index in [1.165, 1.54) is 12.1 Å². The molecular formula is C11H10Cl2N2O5. The minimum atomic E-state index is -1.33. The third-order valence-corrected chi connectivity index (χ3v) is 2.66. The molecule has 0 aromatic carbocycles. The van der Waals surface area contributed by atoms with Crippen molar-refractivity contribution in [2.75, 3.05) is 0 Å². The van der Waals surface area contributed by atoms with Crippen molar-refractivity contribution in [3.8, 4) is 0 Å². The van der Waals surface area contributed by atoms with Crippen LogP contribution in [0.4, 0.5) is 0 Å². The van der Waals surface area contributed by atoms with Gasteiger partial charge in [-0.3, -0.25) is 9.59 Å². The van der Waals surface area contributed by atoms with E-state index in [1.54, 1.807) is 0 Å². The van der Waals surface area contributed by atoms with Crippen LogP contribution in [0.2, 0.25) is 10.3 Å². The van der Waals surface area contributed by atoms with E-state index in [-0.39, 0.29) is 28.7 Å². The standard InChI is InChI=1S/C11H10Cl2N2O5/c12-7-3-5(4-8(13)15-7)10(18)14-6(11(19)20)1-2-9(16)17/h3-4,6H,1-2H2,(H,14,18)(H,16,17)(H,19,20). The van der Waals surface area contributed by atoms with Gasteiger partial charge in [0.25, 0.3) is 5.91 Å². The van der Waals surface area contributed by atoms with Gasteiger partial charge < -0.3 is 15.5 Å². The van der Waals surface area contributed by atoms with Crippen LogP contribution in [-0.2, 0) is 9.59 Å². The fourth-order valence-corrected chi connectivity index (χ4v) is 1.82. The third-order valence-electron chi connectivity index (χ3n) is 2.28. The molecule has 0 spiro atoms. The van der Waals surface area contributed by atoms with Crippen molar-refractivity contribution in [2.24, 2.45) is 0 Å². The zero-order valence-electron chi connectivity index (χ0n) is 9.97. The molecule has 0 aliphatic rings. The van der Waals surface area contributed by atoms with Gasteiger partial charge in [0.1, 0.15) is 16.3 Å². The van der Waals surface area contributed by atoms with Crippen molar-refractivity contribution in [1.82, 2.24) is 10.3 Å². The largest absolute Gasteiger partial charge is 0.481 e. The van der Waals surface area contributed by atoms with E-state index >= 15 is 0 Å². The Balaban J connectivity index is 2.79. The molecule has 0 radical (unpaired) electrons. The molecule has 0 aliphatic heterocycles. The summed E-state index contributed by atoms with van der Waals surface area (Å²) in [4.78, 5) is 36.9. The van der Waals surface area contributed by atoms with Crippen LogP contribution in [0.25, 0.3) is 0 Å². The first-order valence-electron chi connectivity index (χ1n) is 5.38. The van der Waals surface area contributed by atoms with E-state index in [2.05, 4.69) is 10.3 Å². The molecule has 1 aromatic heterocycles. The molecule has 7 nitrogen and oxygen atoms in total. The maximum Gasteiger partial charge on any atom is 0.326 e. The van der Waals surface area contributed by atoms with E-state index in [1.807, 2.05) is 0 Å². The van der Waals surface area contributed by atoms with Crippen LogP contribution in [0.3, 0.4) is 0 Å². The summed E-state index contributed by atoms with van der Waals surface area (Å²) in [5, 5.41) is 19.6. The minimum absolute atomic E-state index is 0.0138. The molecule has 20 heavy (non-hydrogen) atoms. The average Bonchev–Trinajstić information content (AvgIpc) is 2.32. The Hall–Kier alpha value is -1.86. The number of carboxylic acid groups (broad SMARTS) is 2. The Kier molecular flexibility index (Phi) is 5.72. The van der Waals surface area contributed by atoms with Crippen LogP contribution in [0, 0.1) is 0 Å². The predicted molar refractivity (Wildman–Crippen MR) is 70.0 cm³/mol. The lowest BCUT2D eigenvalue weighted by molar-refractivity contribution is -0.140. The number of nitrogens with one attached hydrogen (secondary N) is 1. The molecule has 1 amide bonds. The fraction of sp³-hybridized carbons (Fsp3) is 0.273. The number of carbonyl (C=O) groups excluding carboxylic acids is 1. The third kappa shape index (κ3) is 5.02. The molecule has 0 bridgehead atoms. The Labute approximate surface area is 123 Å². The van der Waals surface area contributed by atoms with Gasteiger partial charge in [0.2, 0.25) is 0 Å². The van der Waals surface area contributed by atoms with Gasteiger partial charge in [0, 0.05) is 12.0 Å². The molecule has 108 valence electrons. The number of hydrogen-bond donors (Lipinski definition) is 3. The van der Waals surface area contributed by atoms with Gasteiger partial charge in [-0.2, -0.15) is 0 Å². The van der Waals surface area contributed by atoms with Crippen molar-refractivity contribution in [3.63, 3.8) is 0 Å². The van der Waals surface area contributed by atoms with Crippen molar-refractivity contribution < 1.29 is 24.6 Å². The molecule has 0 fully saturated rings. The summed E-state index contributed by atoms with van der Waals surface area (Å²) in [5.74, 6) is -3.21. The Bertz CT molecular complexity index is 529. The summed E-state index contributed by atoms with van der Waals surface area (Å²) in [6.07, 6.45) is -0.613. The molecule has 1 rings (SSSR count). The van der Waals surface area contributed by atoms with E-state index in [0.717, 1.165) is 0 Å². The molecule has 1 unspecified atom stereocenters. The summed E-state index contributed by atoms with van der Waals surface area (Å²) in [5.41, 5.74) is 0.0385. The number of aromatic nitrogens is 1. The van der Waals surface area contributed by atoms with Crippen molar-refractivity contribution in [2.45, 2.75) is 18.9 Å². The van der Waals surface area contributed by atoms with Crippen LogP contribution >= 0.6 is 23.2 Å². The van der Waals surface area contributed by atoms with E-state index in [0.29, 0.717) is 0 Å². The van der Waals surface area contributed by atoms with Gasteiger partial charge in [0.05, 0.1) is 0 Å². The number of halogens is 2. The quantitative estimate of drug-likeness (QED) is 0.683. The number of aliphatic carboxylic acids is 2. The van der Waals surface area contributed by atoms with Gasteiger partial charge in [-0.25, -0.2) is 9.78 Å². The maximum absolute atomic E-state index is 11.8. The highest BCUT2D eigenvalue weighted by atomic mass is 35.5. The van der Waals surface area contributed by atoms with Crippen LogP contribution in [0.1, 0.15) is 23.2 Å². The molecule has 0 saturated heterocycles. The number of amides is 1. The minimum Gasteiger partial charge on any atom is -0.481 e. The van der Waals surface area contributed by atoms with Gasteiger partial charge >= 0.3 is 11.9 Å². The number of carbonyl (C=O) groups is 3. The fourth-order valence-electron chi connectivity index (χ4n) is 1.36. The highest BCUT2D eigenvalue weighted by Crippen LogP contribution is 2.15. The summed E-state index contributed by atoms with van der Waals surface area (Å²) in [6, 6.07) is 1.13. The van der Waals surface area contributed by atoms with Crippen molar-refractivity contribution >= 4 is 41.0 Å². The van der Waals surface area contributed by atoms with Crippen LogP contribution in [0.15, 0.2) is 12.1 Å². The predicted octanol–water partition coefficient (Wildman–Crippen LogP) is 1.44. The van der Waals surface area contributed by atoms with Crippen LogP contribution < -0.4 is 5.32 Å². The molecule has 3 N–H and O–H groups in total. The number of rotatable bonds is 6. The number of hydrogen-bond acceptors (Lipinski definition) is 4. The Morgan fingerprint density at radius 1 is 1.20 bits per heavy atom. The van der Waals surface area contributed by atoms with E-state index in [4.69, 9.17) is 33.4 Å². The second-order valence-corrected chi connectivity index (χ2v) is 4.57.